The zero-order chi connectivity index (χ0) is 71.8. The summed E-state index contributed by atoms with van der Waals surface area (Å²) < 4.78 is 62.3. The van der Waals surface area contributed by atoms with Crippen LogP contribution in [0.1, 0.15) is 129 Å². The number of thiazole rings is 2. The van der Waals surface area contributed by atoms with Gasteiger partial charge in [-0.05, 0) is 152 Å². The lowest BCUT2D eigenvalue weighted by Crippen LogP contribution is -2.58. The fourth-order valence-electron chi connectivity index (χ4n) is 13.3. The summed E-state index contributed by atoms with van der Waals surface area (Å²) in [6.07, 6.45) is 17.6. The molecule has 6 heterocycles. The summed E-state index contributed by atoms with van der Waals surface area (Å²) in [6.45, 7) is 3.54. The van der Waals surface area contributed by atoms with Crippen LogP contribution in [0.2, 0.25) is 20.1 Å². The Labute approximate surface area is 614 Å². The second-order valence-corrected chi connectivity index (χ2v) is 35.9. The minimum atomic E-state index is -3.95. The van der Waals surface area contributed by atoms with Gasteiger partial charge in [0.05, 0.1) is 43.0 Å². The predicted molar refractivity (Wildman–Crippen MR) is 392 cm³/mol. The van der Waals surface area contributed by atoms with Crippen molar-refractivity contribution in [2.45, 2.75) is 186 Å². The number of halogens is 4. The van der Waals surface area contributed by atoms with E-state index in [9.17, 15) is 50.7 Å². The summed E-state index contributed by atoms with van der Waals surface area (Å²) >= 11 is 27.8. The van der Waals surface area contributed by atoms with Gasteiger partial charge in [-0.3, -0.25) is 28.7 Å². The molecular weight excluding hydrogens is 1460 g/mol. The van der Waals surface area contributed by atoms with Crippen LogP contribution in [-0.4, -0.2) is 147 Å². The zero-order valence-electron chi connectivity index (χ0n) is 55.5. The highest BCUT2D eigenvalue weighted by atomic mass is 35.5. The van der Waals surface area contributed by atoms with Crippen molar-refractivity contribution in [2.75, 3.05) is 23.7 Å². The van der Waals surface area contributed by atoms with E-state index in [0.29, 0.717) is 74.0 Å². The number of nitrogens with one attached hydrogen (secondary N) is 5. The molecule has 8 aliphatic rings. The van der Waals surface area contributed by atoms with Crippen molar-refractivity contribution in [3.05, 3.63) is 129 Å². The van der Waals surface area contributed by atoms with Crippen molar-refractivity contribution < 1.29 is 60.2 Å². The largest absolute Gasteiger partial charge is 0.479 e. The van der Waals surface area contributed by atoms with Crippen molar-refractivity contribution in [2.24, 2.45) is 17.0 Å². The van der Waals surface area contributed by atoms with Crippen LogP contribution in [0, 0.1) is 11.8 Å². The average molecular weight is 1540 g/mol. The monoisotopic (exact) mass is 1540 g/mol. The maximum atomic E-state index is 14.5. The van der Waals surface area contributed by atoms with Crippen LogP contribution < -0.4 is 40.6 Å². The summed E-state index contributed by atoms with van der Waals surface area (Å²) in [5.41, 5.74) is -0.0544. The van der Waals surface area contributed by atoms with Crippen LogP contribution in [-0.2, 0) is 48.8 Å². The van der Waals surface area contributed by atoms with Crippen molar-refractivity contribution in [1.29, 1.82) is 0 Å². The SMILES string of the molecule is CC1(S(=O)(=O)NC(=O)[C@@]23C[C@H]2/C=C\CCCCC[C@H](Nc2cc(Cl)cc(Cl)c2)C(=O)N2C[C@H](Oc4nc5ccccc5s4)C[C@H]2C(=O)N3)CC1.CC1(S(N)(=O)=O)CC1.O=C1N[C@]2(C(=O)O)C[C@H]2/C=C\CCCCC[C@H](Nc2cc(Cl)cc(Cl)c2)C(=O)N2C[C@H](Oc3nc4ccccc4s3)C[C@@H]12. The summed E-state index contributed by atoms with van der Waals surface area (Å²) in [7, 11) is -7.18. The van der Waals surface area contributed by atoms with Crippen molar-refractivity contribution in [3.63, 3.8) is 0 Å². The number of aromatic nitrogens is 2. The Hall–Kier alpha value is -6.82. The summed E-state index contributed by atoms with van der Waals surface area (Å²) in [5, 5.41) is 29.9. The Balaban J connectivity index is 0.000000173. The molecule has 2 aromatic heterocycles. The number of hydrogen-bond donors (Lipinski definition) is 7. The Morgan fingerprint density at radius 1 is 0.604 bits per heavy atom. The number of carboxylic acids is 1. The zero-order valence-corrected chi connectivity index (χ0v) is 61.8. The van der Waals surface area contributed by atoms with E-state index in [1.54, 1.807) is 50.2 Å². The van der Waals surface area contributed by atoms with Crippen LogP contribution in [0.5, 0.6) is 10.4 Å². The number of rotatable bonds is 13. The first-order chi connectivity index (χ1) is 48.0. The molecule has 0 unspecified atom stereocenters. The van der Waals surface area contributed by atoms with Gasteiger partial charge in [-0.2, -0.15) is 0 Å². The van der Waals surface area contributed by atoms with E-state index >= 15 is 0 Å². The number of para-hydroxylation sites is 2. The number of fused-ring (bicyclic) bond motifs is 6. The minimum absolute atomic E-state index is 0.108. The van der Waals surface area contributed by atoms with Gasteiger partial charge in [0, 0.05) is 56.1 Å². The highest BCUT2D eigenvalue weighted by molar-refractivity contribution is 7.91. The molecule has 8 N–H and O–H groups in total. The Morgan fingerprint density at radius 2 is 1.02 bits per heavy atom. The standard InChI is InChI=1S/C35H39Cl2N5O6S2.C31H32Cl2N4O5S.C4H9NO2S/c1-34(13-14-34)50(46,47)41-32(45)35-19-21(35)9-5-3-2-4-6-11-27(38-24-16-22(36)15-23(37)17-24)31(44)42-20-25(18-28(42)30(43)40-35)48-33-39-26-10-7-8-12-29(26)49-33;32-19-12-20(33)14-21(13-19)34-24-10-5-3-1-2-4-8-18-16-31(18,29(40)41)36-27(38)25-15-22(17-37(25)28(24)39)42-30-35-23-9-6-7-11-26(23)43-30;1-4(2-3-4)8(5,6)7/h5,7-10,12,15-17,21,25,27-28,38H,2-4,6,11,13-14,18-20H2,1H3,(H,40,43)(H,41,45);4,6-9,11-14,18,22,24-25,34H,1-3,5,10,15-17H2,(H,36,38)(H,40,41);2-3H2,1H3,(H2,5,6,7)/b9-5-;8-4-;/t21-,25-,27+,28+,35-;18-,22-,24+,25+,31-;/m11./s1. The van der Waals surface area contributed by atoms with E-state index in [-0.39, 0.29) is 56.0 Å². The molecule has 14 rings (SSSR count). The number of carboxylic acid groups (broad SMARTS) is 1. The van der Waals surface area contributed by atoms with Gasteiger partial charge in [0.1, 0.15) is 47.5 Å². The van der Waals surface area contributed by atoms with Crippen molar-refractivity contribution >= 4 is 156 Å². The van der Waals surface area contributed by atoms with Crippen LogP contribution in [0.15, 0.2) is 109 Å². The highest BCUT2D eigenvalue weighted by Crippen LogP contribution is 2.49. The molecule has 4 saturated carbocycles. The molecule has 23 nitrogen and oxygen atoms in total. The maximum Gasteiger partial charge on any atom is 0.330 e. The molecule has 0 spiro atoms. The Bertz CT molecular complexity index is 4370. The number of allylic oxidation sites excluding steroid dienone is 2. The third kappa shape index (κ3) is 17.2. The predicted octanol–water partition coefficient (Wildman–Crippen LogP) is 11.6. The minimum Gasteiger partial charge on any atom is -0.479 e. The van der Waals surface area contributed by atoms with Crippen molar-refractivity contribution in [1.82, 2.24) is 35.1 Å². The quantitative estimate of drug-likeness (QED) is 0.0528. The fourth-order valence-corrected chi connectivity index (χ4v) is 18.1. The second-order valence-electron chi connectivity index (χ2n) is 27.9. The normalized spacial score (nSPS) is 28.4. The number of anilines is 2. The van der Waals surface area contributed by atoms with Gasteiger partial charge in [-0.15, -0.1) is 0 Å². The Kier molecular flexibility index (Phi) is 22.0. The van der Waals surface area contributed by atoms with Crippen LogP contribution in [0.4, 0.5) is 11.4 Å². The number of hydrogen-bond acceptors (Lipinski definition) is 18. The Morgan fingerprint density at radius 3 is 1.43 bits per heavy atom. The van der Waals surface area contributed by atoms with Crippen molar-refractivity contribution in [3.8, 4) is 10.4 Å². The molecule has 31 heteroatoms. The molecular formula is C70H80Cl4N10O13S4. The number of sulfonamides is 2. The van der Waals surface area contributed by atoms with Crippen LogP contribution in [0.25, 0.3) is 20.4 Å². The van der Waals surface area contributed by atoms with E-state index in [1.807, 2.05) is 72.8 Å². The number of primary sulfonamides is 1. The lowest BCUT2D eigenvalue weighted by atomic mass is 10.0. The number of nitrogens with zero attached hydrogens (tertiary/aromatic N) is 4. The molecule has 540 valence electrons. The molecule has 4 aromatic carbocycles. The van der Waals surface area contributed by atoms with Crippen LogP contribution in [0.3, 0.4) is 0 Å². The van der Waals surface area contributed by atoms with Gasteiger partial charge in [0.2, 0.25) is 43.7 Å². The average Bonchev–Trinajstić information content (AvgIpc) is 1.57. The van der Waals surface area contributed by atoms with E-state index < -0.39 is 101 Å². The number of benzene rings is 4. The number of carbonyl (C=O) groups excluding carboxylic acids is 5. The van der Waals surface area contributed by atoms with E-state index in [0.717, 1.165) is 84.6 Å². The second kappa shape index (κ2) is 30.1. The molecule has 4 aliphatic carbocycles. The van der Waals surface area contributed by atoms with E-state index in [2.05, 4.69) is 36.0 Å². The molecule has 101 heavy (non-hydrogen) atoms. The lowest BCUT2D eigenvalue weighted by Gasteiger charge is -2.30. The lowest BCUT2D eigenvalue weighted by molar-refractivity contribution is -0.145. The molecule has 6 aromatic rings. The maximum absolute atomic E-state index is 14.5. The third-order valence-corrected chi connectivity index (χ3v) is 26.9. The number of ether oxygens (including phenoxy) is 2. The molecule has 5 amide bonds. The molecule has 10 atom stereocenters. The van der Waals surface area contributed by atoms with Gasteiger partial charge in [-0.25, -0.2) is 36.7 Å². The molecule has 0 radical (unpaired) electrons. The van der Waals surface area contributed by atoms with Gasteiger partial charge in [0.15, 0.2) is 0 Å². The van der Waals surface area contributed by atoms with Gasteiger partial charge < -0.3 is 45.6 Å². The van der Waals surface area contributed by atoms with E-state index in [4.69, 9.17) is 61.0 Å². The molecule has 0 bridgehead atoms. The number of amides is 5. The fraction of sp³-hybridized carbons (Fsp3) is 0.486. The third-order valence-electron chi connectivity index (χ3n) is 20.2. The smallest absolute Gasteiger partial charge is 0.330 e. The van der Waals surface area contributed by atoms with Gasteiger partial charge in [0.25, 0.3) is 16.3 Å². The molecule has 4 aliphatic heterocycles. The summed E-state index contributed by atoms with van der Waals surface area (Å²) in [5.74, 6) is -4.13. The molecule has 2 saturated heterocycles. The number of nitrogens with two attached hydrogens (primary N) is 1. The molecule has 6 fully saturated rings. The first-order valence-corrected chi connectivity index (χ1v) is 40.1. The van der Waals surface area contributed by atoms with Gasteiger partial charge in [-0.1, -0.05) is 143 Å². The topological polar surface area (TPSA) is 328 Å². The highest BCUT2D eigenvalue weighted by Gasteiger charge is 2.64. The summed E-state index contributed by atoms with van der Waals surface area (Å²) in [6, 6.07) is 22.1. The van der Waals surface area contributed by atoms with Crippen LogP contribution >= 0.6 is 69.1 Å². The van der Waals surface area contributed by atoms with Gasteiger partial charge >= 0.3 is 5.97 Å². The first-order valence-electron chi connectivity index (χ1n) is 33.9. The summed E-state index contributed by atoms with van der Waals surface area (Å²) in [4.78, 5) is 95.2. The number of carbonyl (C=O) groups is 6. The number of aliphatic carboxylic acids is 1. The van der Waals surface area contributed by atoms with E-state index in [1.165, 1.54) is 32.5 Å². The first kappa shape index (κ1) is 73.9.